The molecule has 0 unspecified atom stereocenters. The van der Waals surface area contributed by atoms with E-state index >= 15 is 0 Å². The summed E-state index contributed by atoms with van der Waals surface area (Å²) in [6, 6.07) is 9.45. The smallest absolute Gasteiger partial charge is 0.318 e. The van der Waals surface area contributed by atoms with Gasteiger partial charge in [0.1, 0.15) is 0 Å². The summed E-state index contributed by atoms with van der Waals surface area (Å²) >= 11 is 0. The number of carbonyl (C=O) groups excluding carboxylic acids is 1. The Hall–Kier alpha value is -1.64. The van der Waals surface area contributed by atoms with Gasteiger partial charge in [-0.3, -0.25) is 0 Å². The van der Waals surface area contributed by atoms with Gasteiger partial charge in [-0.25, -0.2) is 4.79 Å². The van der Waals surface area contributed by atoms with E-state index in [9.17, 15) is 4.79 Å². The van der Waals surface area contributed by atoms with E-state index in [2.05, 4.69) is 9.99 Å². The molecular formula is C10H11NO2. The lowest BCUT2D eigenvalue weighted by Crippen LogP contribution is -1.96. The maximum atomic E-state index is 10.7. The van der Waals surface area contributed by atoms with Crippen LogP contribution >= 0.6 is 0 Å². The Kier molecular flexibility index (Phi) is 3.70. The van der Waals surface area contributed by atoms with E-state index in [-0.39, 0.29) is 5.97 Å². The molecule has 0 aliphatic rings. The van der Waals surface area contributed by atoms with E-state index in [0.717, 1.165) is 5.56 Å². The standard InChI is InChI=1S/C10H11NO2/c1-2-10(12)13-11-8-9-6-4-3-5-7-9/h3-8H,2H2,1H3/b11-8+. The summed E-state index contributed by atoms with van der Waals surface area (Å²) in [5.74, 6) is -0.327. The number of hydrogen-bond acceptors (Lipinski definition) is 3. The van der Waals surface area contributed by atoms with Crippen LogP contribution in [0, 0.1) is 0 Å². The fourth-order valence-corrected chi connectivity index (χ4v) is 0.750. The minimum absolute atomic E-state index is 0.327. The predicted molar refractivity (Wildman–Crippen MR) is 50.4 cm³/mol. The zero-order chi connectivity index (χ0) is 9.52. The second kappa shape index (κ2) is 5.09. The van der Waals surface area contributed by atoms with Gasteiger partial charge in [0.2, 0.25) is 0 Å². The monoisotopic (exact) mass is 177 g/mol. The molecule has 0 saturated heterocycles. The first kappa shape index (κ1) is 9.45. The molecule has 3 nitrogen and oxygen atoms in total. The van der Waals surface area contributed by atoms with E-state index in [4.69, 9.17) is 0 Å². The first-order chi connectivity index (χ1) is 6.33. The highest BCUT2D eigenvalue weighted by molar-refractivity contribution is 5.79. The fourth-order valence-electron chi connectivity index (χ4n) is 0.750. The van der Waals surface area contributed by atoms with Gasteiger partial charge in [0, 0.05) is 6.42 Å². The minimum Gasteiger partial charge on any atom is -0.318 e. The van der Waals surface area contributed by atoms with Crippen molar-refractivity contribution in [2.24, 2.45) is 5.16 Å². The Morgan fingerprint density at radius 3 is 2.77 bits per heavy atom. The van der Waals surface area contributed by atoms with Crippen molar-refractivity contribution in [2.45, 2.75) is 13.3 Å². The summed E-state index contributed by atoms with van der Waals surface area (Å²) in [5, 5.41) is 3.54. The summed E-state index contributed by atoms with van der Waals surface area (Å²) in [7, 11) is 0. The highest BCUT2D eigenvalue weighted by Gasteiger charge is 1.94. The van der Waals surface area contributed by atoms with E-state index in [1.54, 1.807) is 6.92 Å². The molecule has 1 rings (SSSR count). The van der Waals surface area contributed by atoms with Crippen molar-refractivity contribution in [3.8, 4) is 0 Å². The number of hydrogen-bond donors (Lipinski definition) is 0. The van der Waals surface area contributed by atoms with Crippen LogP contribution in [0.4, 0.5) is 0 Å². The SMILES string of the molecule is CCC(=O)O/N=C/c1ccccc1. The highest BCUT2D eigenvalue weighted by Crippen LogP contribution is 1.94. The minimum atomic E-state index is -0.327. The van der Waals surface area contributed by atoms with E-state index in [1.165, 1.54) is 6.21 Å². The molecule has 0 aliphatic heterocycles. The molecule has 0 heterocycles. The van der Waals surface area contributed by atoms with Crippen molar-refractivity contribution < 1.29 is 9.63 Å². The van der Waals surface area contributed by atoms with Gasteiger partial charge in [0.05, 0.1) is 6.21 Å². The van der Waals surface area contributed by atoms with E-state index in [0.29, 0.717) is 6.42 Å². The molecule has 1 aromatic rings. The van der Waals surface area contributed by atoms with Crippen LogP contribution in [0.1, 0.15) is 18.9 Å². The molecule has 0 fully saturated rings. The average molecular weight is 177 g/mol. The quantitative estimate of drug-likeness (QED) is 0.402. The third-order valence-electron chi connectivity index (χ3n) is 1.44. The van der Waals surface area contributed by atoms with Gasteiger partial charge in [-0.2, -0.15) is 0 Å². The molecule has 13 heavy (non-hydrogen) atoms. The molecule has 0 aliphatic carbocycles. The van der Waals surface area contributed by atoms with Crippen molar-refractivity contribution in [1.82, 2.24) is 0 Å². The first-order valence-electron chi connectivity index (χ1n) is 4.11. The zero-order valence-electron chi connectivity index (χ0n) is 7.43. The fraction of sp³-hybridized carbons (Fsp3) is 0.200. The van der Waals surface area contributed by atoms with Crippen LogP contribution in [0.25, 0.3) is 0 Å². The summed E-state index contributed by atoms with van der Waals surface area (Å²) in [5.41, 5.74) is 0.909. The highest BCUT2D eigenvalue weighted by atomic mass is 16.7. The van der Waals surface area contributed by atoms with Gasteiger partial charge in [-0.15, -0.1) is 0 Å². The molecule has 0 aromatic heterocycles. The van der Waals surface area contributed by atoms with Gasteiger partial charge in [0.25, 0.3) is 0 Å². The Balaban J connectivity index is 2.45. The third-order valence-corrected chi connectivity index (χ3v) is 1.44. The number of nitrogens with zero attached hydrogens (tertiary/aromatic N) is 1. The van der Waals surface area contributed by atoms with Crippen molar-refractivity contribution >= 4 is 12.2 Å². The maximum Gasteiger partial charge on any atom is 0.334 e. The molecule has 1 aromatic carbocycles. The lowest BCUT2D eigenvalue weighted by atomic mass is 10.2. The van der Waals surface area contributed by atoms with Crippen LogP contribution in [0.2, 0.25) is 0 Å². The van der Waals surface area contributed by atoms with Gasteiger partial charge in [0.15, 0.2) is 0 Å². The molecule has 0 amide bonds. The Morgan fingerprint density at radius 1 is 1.46 bits per heavy atom. The molecule has 3 heteroatoms. The van der Waals surface area contributed by atoms with Crippen LogP contribution in [-0.2, 0) is 9.63 Å². The molecule has 0 saturated carbocycles. The number of oxime groups is 1. The summed E-state index contributed by atoms with van der Waals surface area (Å²) in [4.78, 5) is 15.2. The van der Waals surface area contributed by atoms with Crippen LogP contribution in [0.15, 0.2) is 35.5 Å². The molecule has 0 bridgehead atoms. The Morgan fingerprint density at radius 2 is 2.15 bits per heavy atom. The summed E-state index contributed by atoms with van der Waals surface area (Å²) in [6.45, 7) is 1.72. The molecule has 68 valence electrons. The normalized spacial score (nSPS) is 10.2. The van der Waals surface area contributed by atoms with Crippen molar-refractivity contribution in [1.29, 1.82) is 0 Å². The second-order valence-electron chi connectivity index (χ2n) is 2.46. The van der Waals surface area contributed by atoms with Gasteiger partial charge in [-0.05, 0) is 5.56 Å². The summed E-state index contributed by atoms with van der Waals surface area (Å²) < 4.78 is 0. The van der Waals surface area contributed by atoms with Crippen LogP contribution in [0.5, 0.6) is 0 Å². The maximum absolute atomic E-state index is 10.7. The first-order valence-corrected chi connectivity index (χ1v) is 4.11. The number of benzene rings is 1. The molecule has 0 radical (unpaired) electrons. The second-order valence-corrected chi connectivity index (χ2v) is 2.46. The number of carbonyl (C=O) groups is 1. The van der Waals surface area contributed by atoms with Gasteiger partial charge < -0.3 is 4.84 Å². The predicted octanol–water partition coefficient (Wildman–Crippen LogP) is 1.97. The third kappa shape index (κ3) is 3.51. The average Bonchev–Trinajstić information content (AvgIpc) is 2.19. The van der Waals surface area contributed by atoms with Crippen LogP contribution in [0.3, 0.4) is 0 Å². The van der Waals surface area contributed by atoms with Gasteiger partial charge >= 0.3 is 5.97 Å². The Labute approximate surface area is 77.0 Å². The summed E-state index contributed by atoms with van der Waals surface area (Å²) in [6.07, 6.45) is 1.85. The van der Waals surface area contributed by atoms with Crippen LogP contribution in [-0.4, -0.2) is 12.2 Å². The van der Waals surface area contributed by atoms with Crippen molar-refractivity contribution in [2.75, 3.05) is 0 Å². The largest absolute Gasteiger partial charge is 0.334 e. The lowest BCUT2D eigenvalue weighted by Gasteiger charge is -1.92. The zero-order valence-corrected chi connectivity index (χ0v) is 7.43. The van der Waals surface area contributed by atoms with E-state index < -0.39 is 0 Å². The molecule has 0 N–H and O–H groups in total. The van der Waals surface area contributed by atoms with E-state index in [1.807, 2.05) is 30.3 Å². The molecular weight excluding hydrogens is 166 g/mol. The lowest BCUT2D eigenvalue weighted by molar-refractivity contribution is -0.143. The van der Waals surface area contributed by atoms with Crippen molar-refractivity contribution in [3.05, 3.63) is 35.9 Å². The van der Waals surface area contributed by atoms with Gasteiger partial charge in [-0.1, -0.05) is 42.4 Å². The topological polar surface area (TPSA) is 38.7 Å². The number of rotatable bonds is 3. The van der Waals surface area contributed by atoms with Crippen molar-refractivity contribution in [3.63, 3.8) is 0 Å². The van der Waals surface area contributed by atoms with Crippen LogP contribution < -0.4 is 0 Å². The molecule has 0 spiro atoms. The molecule has 0 atom stereocenters. The Bertz CT molecular complexity index is 293.